The minimum absolute atomic E-state index is 0.165. The summed E-state index contributed by atoms with van der Waals surface area (Å²) >= 11 is 7.83. The van der Waals surface area contributed by atoms with E-state index >= 15 is 0 Å². The molecule has 1 aromatic carbocycles. The van der Waals surface area contributed by atoms with Crippen LogP contribution in [0.15, 0.2) is 46.8 Å². The molecular weight excluding hydrogens is 382 g/mol. The molecule has 1 aliphatic heterocycles. The first-order valence-corrected chi connectivity index (χ1v) is 10.2. The number of piperazine rings is 1. The van der Waals surface area contributed by atoms with E-state index < -0.39 is 0 Å². The number of anilines is 1. The zero-order valence-corrected chi connectivity index (χ0v) is 16.9. The number of hydrogen-bond donors (Lipinski definition) is 2. The lowest BCUT2D eigenvalue weighted by atomic mass is 10.2. The fourth-order valence-corrected chi connectivity index (χ4v) is 4.02. The second kappa shape index (κ2) is 9.62. The standard InChI is InChI=1S/C19H24ClN5OS/c1-21-19(25-12-10-24(11-13-25)17-7-4-14-27-17)23-9-8-22-18(26)15-5-2-3-6-16(15)20/h2-7,14H,8-13H2,1H3,(H,21,23)(H,22,26). The van der Waals surface area contributed by atoms with Crippen molar-refractivity contribution in [2.45, 2.75) is 0 Å². The minimum atomic E-state index is -0.165. The van der Waals surface area contributed by atoms with Crippen LogP contribution in [0.1, 0.15) is 10.4 Å². The lowest BCUT2D eigenvalue weighted by Crippen LogP contribution is -2.53. The van der Waals surface area contributed by atoms with E-state index in [4.69, 9.17) is 11.6 Å². The van der Waals surface area contributed by atoms with Crippen LogP contribution in [-0.2, 0) is 0 Å². The number of halogens is 1. The van der Waals surface area contributed by atoms with Crippen LogP contribution in [0, 0.1) is 0 Å². The molecule has 1 saturated heterocycles. The Bertz CT molecular complexity index is 772. The van der Waals surface area contributed by atoms with Gasteiger partial charge in [-0.25, -0.2) is 0 Å². The van der Waals surface area contributed by atoms with Crippen LogP contribution in [0.4, 0.5) is 5.00 Å². The molecule has 6 nitrogen and oxygen atoms in total. The number of guanidine groups is 1. The SMILES string of the molecule is CN=C(NCCNC(=O)c1ccccc1Cl)N1CCN(c2cccs2)CC1. The van der Waals surface area contributed by atoms with Crippen LogP contribution in [0.25, 0.3) is 0 Å². The molecule has 1 aromatic heterocycles. The molecule has 1 amide bonds. The van der Waals surface area contributed by atoms with Crippen molar-refractivity contribution in [1.29, 1.82) is 0 Å². The number of carbonyl (C=O) groups excluding carboxylic acids is 1. The van der Waals surface area contributed by atoms with Gasteiger partial charge in [0.1, 0.15) is 0 Å². The Morgan fingerprint density at radius 1 is 1.11 bits per heavy atom. The van der Waals surface area contributed by atoms with Gasteiger partial charge in [-0.1, -0.05) is 23.7 Å². The number of hydrogen-bond acceptors (Lipinski definition) is 4. The Hall–Kier alpha value is -2.25. The smallest absolute Gasteiger partial charge is 0.252 e. The van der Waals surface area contributed by atoms with Crippen molar-refractivity contribution >= 4 is 39.8 Å². The summed E-state index contributed by atoms with van der Waals surface area (Å²) in [6, 6.07) is 11.3. The third-order valence-corrected chi connectivity index (χ3v) is 5.68. The predicted octanol–water partition coefficient (Wildman–Crippen LogP) is 2.53. The fraction of sp³-hybridized carbons (Fsp3) is 0.368. The van der Waals surface area contributed by atoms with Gasteiger partial charge in [-0.3, -0.25) is 9.79 Å². The lowest BCUT2D eigenvalue weighted by molar-refractivity contribution is 0.0954. The molecule has 0 saturated carbocycles. The summed E-state index contributed by atoms with van der Waals surface area (Å²) in [5, 5.41) is 10.1. The molecule has 0 bridgehead atoms. The number of nitrogens with one attached hydrogen (secondary N) is 2. The van der Waals surface area contributed by atoms with Crippen molar-refractivity contribution in [3.63, 3.8) is 0 Å². The topological polar surface area (TPSA) is 60.0 Å². The van der Waals surface area contributed by atoms with Gasteiger partial charge < -0.3 is 20.4 Å². The molecule has 27 heavy (non-hydrogen) atoms. The quantitative estimate of drug-likeness (QED) is 0.456. The molecule has 3 rings (SSSR count). The van der Waals surface area contributed by atoms with Crippen LogP contribution >= 0.6 is 22.9 Å². The number of thiophene rings is 1. The van der Waals surface area contributed by atoms with Gasteiger partial charge >= 0.3 is 0 Å². The predicted molar refractivity (Wildman–Crippen MR) is 113 cm³/mol. The third-order valence-electron chi connectivity index (χ3n) is 4.42. The van der Waals surface area contributed by atoms with Gasteiger partial charge in [-0.2, -0.15) is 0 Å². The summed E-state index contributed by atoms with van der Waals surface area (Å²) in [7, 11) is 1.79. The second-order valence-corrected chi connectivity index (χ2v) is 7.47. The van der Waals surface area contributed by atoms with Crippen molar-refractivity contribution in [2.24, 2.45) is 4.99 Å². The summed E-state index contributed by atoms with van der Waals surface area (Å²) in [6.07, 6.45) is 0. The summed E-state index contributed by atoms with van der Waals surface area (Å²) in [6.45, 7) is 4.90. The molecule has 0 spiro atoms. The number of carbonyl (C=O) groups is 1. The maximum absolute atomic E-state index is 12.2. The molecule has 0 unspecified atom stereocenters. The average molecular weight is 406 g/mol. The van der Waals surface area contributed by atoms with E-state index in [1.165, 1.54) is 5.00 Å². The summed E-state index contributed by atoms with van der Waals surface area (Å²) in [4.78, 5) is 21.2. The van der Waals surface area contributed by atoms with E-state index in [2.05, 4.69) is 42.9 Å². The zero-order chi connectivity index (χ0) is 19.1. The van der Waals surface area contributed by atoms with Crippen LogP contribution in [0.5, 0.6) is 0 Å². The molecule has 0 radical (unpaired) electrons. The Morgan fingerprint density at radius 2 is 1.85 bits per heavy atom. The van der Waals surface area contributed by atoms with Gasteiger partial charge in [0.25, 0.3) is 5.91 Å². The Balaban J connectivity index is 1.41. The van der Waals surface area contributed by atoms with Gasteiger partial charge in [0.05, 0.1) is 15.6 Å². The maximum Gasteiger partial charge on any atom is 0.252 e. The van der Waals surface area contributed by atoms with Crippen molar-refractivity contribution in [3.8, 4) is 0 Å². The van der Waals surface area contributed by atoms with E-state index in [0.29, 0.717) is 23.7 Å². The number of amides is 1. The highest BCUT2D eigenvalue weighted by Gasteiger charge is 2.20. The first-order valence-electron chi connectivity index (χ1n) is 8.96. The van der Waals surface area contributed by atoms with E-state index in [1.54, 1.807) is 36.6 Å². The molecule has 2 aromatic rings. The molecule has 1 fully saturated rings. The van der Waals surface area contributed by atoms with E-state index in [-0.39, 0.29) is 5.91 Å². The zero-order valence-electron chi connectivity index (χ0n) is 15.3. The van der Waals surface area contributed by atoms with Crippen LogP contribution in [0.2, 0.25) is 5.02 Å². The molecule has 0 aliphatic carbocycles. The first-order chi connectivity index (χ1) is 13.2. The van der Waals surface area contributed by atoms with Crippen molar-refractivity contribution in [1.82, 2.24) is 15.5 Å². The summed E-state index contributed by atoms with van der Waals surface area (Å²) in [5.41, 5.74) is 0.494. The van der Waals surface area contributed by atoms with Gasteiger partial charge in [0.2, 0.25) is 0 Å². The Kier molecular flexibility index (Phi) is 6.95. The van der Waals surface area contributed by atoms with Crippen molar-refractivity contribution < 1.29 is 4.79 Å². The number of rotatable bonds is 5. The first kappa shape index (κ1) is 19.5. The Labute approximate surface area is 168 Å². The molecule has 2 N–H and O–H groups in total. The average Bonchev–Trinajstić information content (AvgIpc) is 3.23. The van der Waals surface area contributed by atoms with Crippen LogP contribution in [-0.4, -0.2) is 63.1 Å². The van der Waals surface area contributed by atoms with E-state index in [0.717, 1.165) is 32.1 Å². The fourth-order valence-electron chi connectivity index (χ4n) is 3.01. The highest BCUT2D eigenvalue weighted by Crippen LogP contribution is 2.22. The summed E-state index contributed by atoms with van der Waals surface area (Å²) in [5.74, 6) is 0.703. The number of benzene rings is 1. The van der Waals surface area contributed by atoms with E-state index in [1.807, 2.05) is 6.07 Å². The highest BCUT2D eigenvalue weighted by molar-refractivity contribution is 7.14. The highest BCUT2D eigenvalue weighted by atomic mass is 35.5. The molecule has 1 aliphatic rings. The lowest BCUT2D eigenvalue weighted by Gasteiger charge is -2.37. The molecule has 2 heterocycles. The number of aliphatic imine (C=N–C) groups is 1. The molecule has 144 valence electrons. The van der Waals surface area contributed by atoms with Crippen LogP contribution < -0.4 is 15.5 Å². The van der Waals surface area contributed by atoms with Crippen molar-refractivity contribution in [3.05, 3.63) is 52.4 Å². The van der Waals surface area contributed by atoms with E-state index in [9.17, 15) is 4.79 Å². The van der Waals surface area contributed by atoms with Gasteiger partial charge in [-0.15, -0.1) is 11.3 Å². The van der Waals surface area contributed by atoms with Crippen molar-refractivity contribution in [2.75, 3.05) is 51.2 Å². The Morgan fingerprint density at radius 3 is 2.52 bits per heavy atom. The molecule has 8 heteroatoms. The summed E-state index contributed by atoms with van der Waals surface area (Å²) < 4.78 is 0. The second-order valence-electron chi connectivity index (χ2n) is 6.14. The van der Waals surface area contributed by atoms with Gasteiger partial charge in [0.15, 0.2) is 5.96 Å². The van der Waals surface area contributed by atoms with Gasteiger partial charge in [0, 0.05) is 46.3 Å². The number of nitrogens with zero attached hydrogens (tertiary/aromatic N) is 3. The third kappa shape index (κ3) is 5.14. The van der Waals surface area contributed by atoms with Gasteiger partial charge in [-0.05, 0) is 29.6 Å². The maximum atomic E-state index is 12.2. The van der Waals surface area contributed by atoms with Crippen LogP contribution in [0.3, 0.4) is 0 Å². The minimum Gasteiger partial charge on any atom is -0.360 e. The molecular formula is C19H24ClN5OS. The normalized spacial score (nSPS) is 15.0. The largest absolute Gasteiger partial charge is 0.360 e. The monoisotopic (exact) mass is 405 g/mol. The molecule has 0 atom stereocenters.